The Hall–Kier alpha value is -1.84. The zero-order chi connectivity index (χ0) is 12.4. The van der Waals surface area contributed by atoms with Crippen molar-refractivity contribution in [3.05, 3.63) is 29.6 Å². The molecule has 0 aliphatic heterocycles. The Kier molecular flexibility index (Phi) is 3.13. The maximum absolute atomic E-state index is 5.86. The third-order valence-corrected chi connectivity index (χ3v) is 3.02. The molecule has 0 saturated carbocycles. The fraction of sp³-hybridized carbons (Fsp3) is 0.385. The number of aromatic nitrogens is 2. The van der Waals surface area contributed by atoms with Crippen molar-refractivity contribution in [3.63, 3.8) is 0 Å². The quantitative estimate of drug-likeness (QED) is 0.824. The van der Waals surface area contributed by atoms with Gasteiger partial charge < -0.3 is 10.3 Å². The van der Waals surface area contributed by atoms with Crippen LogP contribution < -0.4 is 5.73 Å². The number of anilines is 1. The highest BCUT2D eigenvalue weighted by molar-refractivity contribution is 5.62. The molecule has 1 aromatic heterocycles. The summed E-state index contributed by atoms with van der Waals surface area (Å²) in [5.74, 6) is 1.60. The number of hydrogen-bond acceptors (Lipinski definition) is 4. The first-order valence-electron chi connectivity index (χ1n) is 5.82. The standard InChI is InChI=1S/C13H17N3O/c1-4-8(2)12-15-13(17-16-12)10-6-5-9(3)11(14)7-10/h5-8H,4,14H2,1-3H3. The molecule has 1 heterocycles. The second kappa shape index (κ2) is 4.57. The number of rotatable bonds is 3. The number of nitrogen functional groups attached to an aromatic ring is 1. The number of nitrogens with zero attached hydrogens (tertiary/aromatic N) is 2. The summed E-state index contributed by atoms with van der Waals surface area (Å²) >= 11 is 0. The lowest BCUT2D eigenvalue weighted by Gasteiger charge is -2.01. The Morgan fingerprint density at radius 2 is 2.18 bits per heavy atom. The molecule has 1 aromatic carbocycles. The fourth-order valence-corrected chi connectivity index (χ4v) is 1.51. The Labute approximate surface area is 101 Å². The number of aryl methyl sites for hydroxylation is 1. The molecule has 0 fully saturated rings. The van der Waals surface area contributed by atoms with Gasteiger partial charge in [0.15, 0.2) is 5.82 Å². The second-order valence-corrected chi connectivity index (χ2v) is 4.34. The van der Waals surface area contributed by atoms with Gasteiger partial charge in [0.05, 0.1) is 0 Å². The average molecular weight is 231 g/mol. The lowest BCUT2D eigenvalue weighted by atomic mass is 10.1. The smallest absolute Gasteiger partial charge is 0.258 e. The van der Waals surface area contributed by atoms with Crippen LogP contribution >= 0.6 is 0 Å². The van der Waals surface area contributed by atoms with Gasteiger partial charge in [-0.15, -0.1) is 0 Å². The van der Waals surface area contributed by atoms with E-state index in [0.717, 1.165) is 29.1 Å². The normalized spacial score (nSPS) is 12.6. The van der Waals surface area contributed by atoms with E-state index in [0.29, 0.717) is 11.8 Å². The summed E-state index contributed by atoms with van der Waals surface area (Å²) in [6.07, 6.45) is 0.995. The first kappa shape index (κ1) is 11.6. The summed E-state index contributed by atoms with van der Waals surface area (Å²) in [5, 5.41) is 3.99. The van der Waals surface area contributed by atoms with Gasteiger partial charge in [-0.2, -0.15) is 4.98 Å². The van der Waals surface area contributed by atoms with Crippen molar-refractivity contribution in [1.29, 1.82) is 0 Å². The molecule has 0 aliphatic carbocycles. The molecule has 2 N–H and O–H groups in total. The average Bonchev–Trinajstić information content (AvgIpc) is 2.81. The second-order valence-electron chi connectivity index (χ2n) is 4.34. The third-order valence-electron chi connectivity index (χ3n) is 3.02. The predicted molar refractivity (Wildman–Crippen MR) is 67.6 cm³/mol. The van der Waals surface area contributed by atoms with E-state index in [2.05, 4.69) is 24.0 Å². The molecule has 17 heavy (non-hydrogen) atoms. The van der Waals surface area contributed by atoms with Crippen LogP contribution in [0, 0.1) is 6.92 Å². The zero-order valence-electron chi connectivity index (χ0n) is 10.4. The van der Waals surface area contributed by atoms with Crippen molar-refractivity contribution in [2.45, 2.75) is 33.1 Å². The SMILES string of the molecule is CCC(C)c1noc(-c2ccc(C)c(N)c2)n1. The van der Waals surface area contributed by atoms with Gasteiger partial charge in [0.1, 0.15) is 0 Å². The third kappa shape index (κ3) is 2.30. The van der Waals surface area contributed by atoms with Crippen LogP contribution in [0.25, 0.3) is 11.5 Å². The van der Waals surface area contributed by atoms with Crippen molar-refractivity contribution in [3.8, 4) is 11.5 Å². The largest absolute Gasteiger partial charge is 0.398 e. The molecule has 4 nitrogen and oxygen atoms in total. The van der Waals surface area contributed by atoms with E-state index in [4.69, 9.17) is 10.3 Å². The van der Waals surface area contributed by atoms with Gasteiger partial charge in [-0.1, -0.05) is 25.1 Å². The minimum atomic E-state index is 0.315. The maximum Gasteiger partial charge on any atom is 0.258 e. The lowest BCUT2D eigenvalue weighted by molar-refractivity contribution is 0.416. The highest BCUT2D eigenvalue weighted by Gasteiger charge is 2.13. The fourth-order valence-electron chi connectivity index (χ4n) is 1.51. The molecule has 2 rings (SSSR count). The predicted octanol–water partition coefficient (Wildman–Crippen LogP) is 3.14. The van der Waals surface area contributed by atoms with Crippen LogP contribution in [0.15, 0.2) is 22.7 Å². The molecule has 1 atom stereocenters. The van der Waals surface area contributed by atoms with Gasteiger partial charge in [0, 0.05) is 17.2 Å². The molecular formula is C13H17N3O. The Morgan fingerprint density at radius 3 is 2.82 bits per heavy atom. The Morgan fingerprint density at radius 1 is 1.41 bits per heavy atom. The lowest BCUT2D eigenvalue weighted by Crippen LogP contribution is -1.94. The van der Waals surface area contributed by atoms with Gasteiger partial charge in [-0.3, -0.25) is 0 Å². The maximum atomic E-state index is 5.86. The van der Waals surface area contributed by atoms with Crippen LogP contribution in [-0.2, 0) is 0 Å². The van der Waals surface area contributed by atoms with Crippen LogP contribution in [0.4, 0.5) is 5.69 Å². The molecule has 90 valence electrons. The molecular weight excluding hydrogens is 214 g/mol. The summed E-state index contributed by atoms with van der Waals surface area (Å²) in [7, 11) is 0. The summed E-state index contributed by atoms with van der Waals surface area (Å²) in [6, 6.07) is 5.76. The first-order chi connectivity index (χ1) is 8.11. The van der Waals surface area contributed by atoms with Crippen molar-refractivity contribution < 1.29 is 4.52 Å². The number of hydrogen-bond donors (Lipinski definition) is 1. The van der Waals surface area contributed by atoms with Crippen LogP contribution in [0.5, 0.6) is 0 Å². The van der Waals surface area contributed by atoms with Crippen molar-refractivity contribution >= 4 is 5.69 Å². The molecule has 0 saturated heterocycles. The van der Waals surface area contributed by atoms with Gasteiger partial charge in [-0.05, 0) is 31.0 Å². The van der Waals surface area contributed by atoms with E-state index in [1.165, 1.54) is 0 Å². The van der Waals surface area contributed by atoms with E-state index >= 15 is 0 Å². The van der Waals surface area contributed by atoms with E-state index in [-0.39, 0.29) is 0 Å². The molecule has 0 bridgehead atoms. The highest BCUT2D eigenvalue weighted by Crippen LogP contribution is 2.24. The number of benzene rings is 1. The molecule has 0 spiro atoms. The number of nitrogens with two attached hydrogens (primary N) is 1. The molecule has 2 aromatic rings. The van der Waals surface area contributed by atoms with Crippen LogP contribution in [0.2, 0.25) is 0 Å². The summed E-state index contributed by atoms with van der Waals surface area (Å²) in [6.45, 7) is 6.15. The minimum Gasteiger partial charge on any atom is -0.398 e. The molecule has 1 unspecified atom stereocenters. The van der Waals surface area contributed by atoms with Crippen LogP contribution in [0.3, 0.4) is 0 Å². The van der Waals surface area contributed by atoms with Gasteiger partial charge >= 0.3 is 0 Å². The van der Waals surface area contributed by atoms with E-state index in [1.807, 2.05) is 25.1 Å². The molecule has 0 radical (unpaired) electrons. The topological polar surface area (TPSA) is 64.9 Å². The first-order valence-corrected chi connectivity index (χ1v) is 5.82. The van der Waals surface area contributed by atoms with Crippen molar-refractivity contribution in [2.24, 2.45) is 0 Å². The molecule has 0 amide bonds. The van der Waals surface area contributed by atoms with Crippen LogP contribution in [0.1, 0.15) is 37.6 Å². The van der Waals surface area contributed by atoms with Crippen molar-refractivity contribution in [1.82, 2.24) is 10.1 Å². The summed E-state index contributed by atoms with van der Waals surface area (Å²) < 4.78 is 5.25. The Balaban J connectivity index is 2.33. The zero-order valence-corrected chi connectivity index (χ0v) is 10.4. The highest BCUT2D eigenvalue weighted by atomic mass is 16.5. The summed E-state index contributed by atoms with van der Waals surface area (Å²) in [4.78, 5) is 4.39. The molecule has 0 aliphatic rings. The molecule has 4 heteroatoms. The van der Waals surface area contributed by atoms with Gasteiger partial charge in [0.2, 0.25) is 0 Å². The van der Waals surface area contributed by atoms with Crippen molar-refractivity contribution in [2.75, 3.05) is 5.73 Å². The Bertz CT molecular complexity index is 519. The minimum absolute atomic E-state index is 0.315. The monoisotopic (exact) mass is 231 g/mol. The van der Waals surface area contributed by atoms with E-state index < -0.39 is 0 Å². The van der Waals surface area contributed by atoms with Gasteiger partial charge in [0.25, 0.3) is 5.89 Å². The van der Waals surface area contributed by atoms with E-state index in [9.17, 15) is 0 Å². The van der Waals surface area contributed by atoms with Crippen LogP contribution in [-0.4, -0.2) is 10.1 Å². The summed E-state index contributed by atoms with van der Waals surface area (Å²) in [5.41, 5.74) is 8.52. The van der Waals surface area contributed by atoms with Gasteiger partial charge in [-0.25, -0.2) is 0 Å². The van der Waals surface area contributed by atoms with E-state index in [1.54, 1.807) is 0 Å².